The van der Waals surface area contributed by atoms with Crippen molar-refractivity contribution in [3.05, 3.63) is 65.2 Å². The third kappa shape index (κ3) is 7.42. The van der Waals surface area contributed by atoms with E-state index in [0.717, 1.165) is 35.3 Å². The van der Waals surface area contributed by atoms with E-state index in [4.69, 9.17) is 0 Å². The highest BCUT2D eigenvalue weighted by molar-refractivity contribution is 5.93. The summed E-state index contributed by atoms with van der Waals surface area (Å²) in [5.41, 5.74) is 4.00. The minimum Gasteiger partial charge on any atom is -0.350 e. The summed E-state index contributed by atoms with van der Waals surface area (Å²) in [6.07, 6.45) is 1.18. The number of anilines is 1. The van der Waals surface area contributed by atoms with E-state index in [9.17, 15) is 14.4 Å². The van der Waals surface area contributed by atoms with Crippen LogP contribution in [-0.2, 0) is 14.4 Å². The van der Waals surface area contributed by atoms with Crippen LogP contribution in [0.1, 0.15) is 48.9 Å². The van der Waals surface area contributed by atoms with Gasteiger partial charge < -0.3 is 15.5 Å². The van der Waals surface area contributed by atoms with Gasteiger partial charge in [0.25, 0.3) is 0 Å². The average Bonchev–Trinajstić information content (AvgIpc) is 3.06. The summed E-state index contributed by atoms with van der Waals surface area (Å²) < 4.78 is 0. The second kappa shape index (κ2) is 12.3. The number of nitrogens with zero attached hydrogens (tertiary/aromatic N) is 2. The van der Waals surface area contributed by atoms with Gasteiger partial charge in [-0.2, -0.15) is 0 Å². The summed E-state index contributed by atoms with van der Waals surface area (Å²) in [7, 11) is 0. The minimum absolute atomic E-state index is 0.00986. The second-order valence-electron chi connectivity index (χ2n) is 9.03. The zero-order valence-corrected chi connectivity index (χ0v) is 20.5. The molecule has 2 aromatic rings. The molecule has 1 atom stereocenters. The Morgan fingerprint density at radius 2 is 1.56 bits per heavy atom. The number of amides is 3. The molecule has 7 heteroatoms. The van der Waals surface area contributed by atoms with Crippen molar-refractivity contribution in [3.8, 4) is 0 Å². The van der Waals surface area contributed by atoms with Gasteiger partial charge in [0.15, 0.2) is 0 Å². The van der Waals surface area contributed by atoms with E-state index in [1.807, 2.05) is 74.2 Å². The maximum Gasteiger partial charge on any atom is 0.238 e. The Morgan fingerprint density at radius 1 is 0.853 bits per heavy atom. The smallest absolute Gasteiger partial charge is 0.238 e. The molecule has 0 aliphatic carbocycles. The van der Waals surface area contributed by atoms with Crippen LogP contribution < -0.4 is 10.6 Å². The average molecular weight is 465 g/mol. The lowest BCUT2D eigenvalue weighted by molar-refractivity contribution is -0.133. The molecule has 1 heterocycles. The van der Waals surface area contributed by atoms with E-state index in [0.29, 0.717) is 26.2 Å². The van der Waals surface area contributed by atoms with Gasteiger partial charge in [-0.15, -0.1) is 0 Å². The highest BCUT2D eigenvalue weighted by atomic mass is 16.2. The Morgan fingerprint density at radius 3 is 2.26 bits per heavy atom. The lowest BCUT2D eigenvalue weighted by Crippen LogP contribution is -2.38. The first-order valence-corrected chi connectivity index (χ1v) is 12.0. The van der Waals surface area contributed by atoms with Gasteiger partial charge in [0.05, 0.1) is 12.6 Å². The van der Waals surface area contributed by atoms with Crippen LogP contribution in [0.5, 0.6) is 0 Å². The number of nitrogens with one attached hydrogen (secondary N) is 2. The lowest BCUT2D eigenvalue weighted by atomic mass is 10.1. The first-order chi connectivity index (χ1) is 16.3. The van der Waals surface area contributed by atoms with Gasteiger partial charge in [0.1, 0.15) is 0 Å². The van der Waals surface area contributed by atoms with Crippen LogP contribution in [0.3, 0.4) is 0 Å². The van der Waals surface area contributed by atoms with Crippen LogP contribution in [0, 0.1) is 13.8 Å². The van der Waals surface area contributed by atoms with Gasteiger partial charge in [0.2, 0.25) is 17.7 Å². The number of benzene rings is 2. The third-order valence-corrected chi connectivity index (χ3v) is 6.30. The van der Waals surface area contributed by atoms with E-state index in [-0.39, 0.29) is 36.6 Å². The molecule has 0 radical (unpaired) electrons. The van der Waals surface area contributed by atoms with E-state index in [2.05, 4.69) is 15.5 Å². The number of carbonyl (C=O) groups excluding carboxylic acids is 3. The van der Waals surface area contributed by atoms with Crippen molar-refractivity contribution < 1.29 is 14.4 Å². The Kier molecular flexibility index (Phi) is 9.22. The van der Waals surface area contributed by atoms with Crippen LogP contribution in [0.4, 0.5) is 5.69 Å². The third-order valence-electron chi connectivity index (χ3n) is 6.30. The van der Waals surface area contributed by atoms with Crippen molar-refractivity contribution in [1.82, 2.24) is 15.1 Å². The lowest BCUT2D eigenvalue weighted by Gasteiger charge is -2.22. The zero-order chi connectivity index (χ0) is 24.5. The molecular weight excluding hydrogens is 428 g/mol. The molecule has 34 heavy (non-hydrogen) atoms. The van der Waals surface area contributed by atoms with Crippen LogP contribution >= 0.6 is 0 Å². The molecule has 0 saturated carbocycles. The fourth-order valence-corrected chi connectivity index (χ4v) is 4.29. The number of rotatable bonds is 8. The molecular formula is C27H36N4O3. The van der Waals surface area contributed by atoms with Crippen molar-refractivity contribution in [1.29, 1.82) is 0 Å². The number of hydrogen-bond acceptors (Lipinski definition) is 4. The van der Waals surface area contributed by atoms with Gasteiger partial charge >= 0.3 is 0 Å². The monoisotopic (exact) mass is 464 g/mol. The maximum atomic E-state index is 12.7. The Labute approximate surface area is 202 Å². The number of aryl methyl sites for hydroxylation is 2. The normalized spacial score (nSPS) is 15.3. The van der Waals surface area contributed by atoms with Gasteiger partial charge in [-0.05, 0) is 43.9 Å². The fraction of sp³-hybridized carbons (Fsp3) is 0.444. The topological polar surface area (TPSA) is 81.8 Å². The predicted octanol–water partition coefficient (Wildman–Crippen LogP) is 3.43. The van der Waals surface area contributed by atoms with Crippen molar-refractivity contribution in [2.45, 2.75) is 46.1 Å². The molecule has 2 N–H and O–H groups in total. The van der Waals surface area contributed by atoms with E-state index in [1.165, 1.54) is 0 Å². The SMILES string of the molecule is Cc1cccc(C)c1NC(=O)CN1CCCN(C(=O)CCC(=O)NC(C)c2ccccc2)CC1. The van der Waals surface area contributed by atoms with Gasteiger partial charge in [0, 0.05) is 44.7 Å². The molecule has 0 aromatic heterocycles. The standard InChI is InChI=1S/C27H36N4O3/c1-20-9-7-10-21(2)27(20)29-25(33)19-30-15-8-16-31(18-17-30)26(34)14-13-24(32)28-22(3)23-11-5-4-6-12-23/h4-7,9-12,22H,8,13-19H2,1-3H3,(H,28,32)(H,29,33). The Balaban J connectivity index is 1.41. The number of carbonyl (C=O) groups is 3. The highest BCUT2D eigenvalue weighted by Crippen LogP contribution is 2.19. The van der Waals surface area contributed by atoms with Crippen molar-refractivity contribution in [2.75, 3.05) is 38.0 Å². The molecule has 1 unspecified atom stereocenters. The number of hydrogen-bond donors (Lipinski definition) is 2. The molecule has 1 saturated heterocycles. The van der Waals surface area contributed by atoms with Crippen molar-refractivity contribution in [2.24, 2.45) is 0 Å². The molecule has 0 bridgehead atoms. The number of para-hydroxylation sites is 1. The summed E-state index contributed by atoms with van der Waals surface area (Å²) >= 11 is 0. The van der Waals surface area contributed by atoms with Crippen molar-refractivity contribution in [3.63, 3.8) is 0 Å². The van der Waals surface area contributed by atoms with Gasteiger partial charge in [-0.25, -0.2) is 0 Å². The highest BCUT2D eigenvalue weighted by Gasteiger charge is 2.21. The molecule has 7 nitrogen and oxygen atoms in total. The molecule has 182 valence electrons. The van der Waals surface area contributed by atoms with Crippen LogP contribution in [-0.4, -0.2) is 60.2 Å². The molecule has 3 amide bonds. The maximum absolute atomic E-state index is 12.7. The predicted molar refractivity (Wildman–Crippen MR) is 134 cm³/mol. The summed E-state index contributed by atoms with van der Waals surface area (Å²) in [4.78, 5) is 41.5. The van der Waals surface area contributed by atoms with Crippen LogP contribution in [0.2, 0.25) is 0 Å². The minimum atomic E-state index is -0.121. The largest absolute Gasteiger partial charge is 0.350 e. The summed E-state index contributed by atoms with van der Waals surface area (Å²) in [5.74, 6) is -0.171. The first kappa shape index (κ1) is 25.4. The van der Waals surface area contributed by atoms with Crippen LogP contribution in [0.25, 0.3) is 0 Å². The molecule has 1 aliphatic rings. The van der Waals surface area contributed by atoms with Gasteiger partial charge in [-0.1, -0.05) is 48.5 Å². The van der Waals surface area contributed by atoms with E-state index in [1.54, 1.807) is 0 Å². The van der Waals surface area contributed by atoms with Crippen LogP contribution in [0.15, 0.2) is 48.5 Å². The Bertz CT molecular complexity index is 972. The van der Waals surface area contributed by atoms with Crippen molar-refractivity contribution >= 4 is 23.4 Å². The second-order valence-corrected chi connectivity index (χ2v) is 9.03. The quantitative estimate of drug-likeness (QED) is 0.627. The summed E-state index contributed by atoms with van der Waals surface area (Å²) in [5, 5.41) is 6.00. The molecule has 1 aliphatic heterocycles. The molecule has 2 aromatic carbocycles. The zero-order valence-electron chi connectivity index (χ0n) is 20.5. The van der Waals surface area contributed by atoms with E-state index >= 15 is 0 Å². The Hall–Kier alpha value is -3.19. The molecule has 1 fully saturated rings. The molecule has 0 spiro atoms. The summed E-state index contributed by atoms with van der Waals surface area (Å²) in [6, 6.07) is 15.6. The first-order valence-electron chi connectivity index (χ1n) is 12.0. The van der Waals surface area contributed by atoms with E-state index < -0.39 is 0 Å². The fourth-order valence-electron chi connectivity index (χ4n) is 4.29. The molecule has 3 rings (SSSR count). The van der Waals surface area contributed by atoms with Gasteiger partial charge in [-0.3, -0.25) is 19.3 Å². The summed E-state index contributed by atoms with van der Waals surface area (Å²) in [6.45, 7) is 8.83.